The standard InChI is InChI=1S/C41H41N7O7Si/c1-26-38(56(2,3)54)37(19-20-45-24-35(43-44-45)33(25-49)28-9-5-4-6-10-28)55-41(26)34-21-31(48(52)53)17-18-36(34)46(40(41)51)23-27-13-15-30(16-14-27)47-39(50)32-12-8-7-11-29(32)22-42-47/h4-18,21-22,24,26,33,37-38,49,54H,19-20,23,25H2,1-3H3/t26-,33?,37+,38-,41+/m1/s1. The molecule has 14 nitrogen and oxygen atoms in total. The highest BCUT2D eigenvalue weighted by atomic mass is 28.4. The zero-order valence-corrected chi connectivity index (χ0v) is 32.1. The van der Waals surface area contributed by atoms with Gasteiger partial charge >= 0.3 is 0 Å². The fourth-order valence-corrected chi connectivity index (χ4v) is 11.3. The number of non-ortho nitro benzene ring substituents is 1. The Bertz CT molecular complexity index is 2500. The summed E-state index contributed by atoms with van der Waals surface area (Å²) in [4.78, 5) is 53.1. The first-order valence-corrected chi connectivity index (χ1v) is 21.6. The molecule has 5 atom stereocenters. The van der Waals surface area contributed by atoms with Gasteiger partial charge in [-0.15, -0.1) is 5.10 Å². The number of aromatic nitrogens is 5. The average Bonchev–Trinajstić information content (AvgIpc) is 3.85. The molecule has 2 aliphatic rings. The van der Waals surface area contributed by atoms with E-state index in [1.54, 1.807) is 52.3 Å². The molecule has 6 aromatic rings. The second-order valence-corrected chi connectivity index (χ2v) is 19.1. The van der Waals surface area contributed by atoms with Gasteiger partial charge in [0.2, 0.25) is 0 Å². The summed E-state index contributed by atoms with van der Waals surface area (Å²) < 4.78 is 9.92. The first-order chi connectivity index (χ1) is 26.9. The zero-order valence-electron chi connectivity index (χ0n) is 31.1. The summed E-state index contributed by atoms with van der Waals surface area (Å²) in [5, 5.41) is 36.6. The number of aliphatic hydroxyl groups is 1. The van der Waals surface area contributed by atoms with E-state index in [2.05, 4.69) is 15.4 Å². The molecule has 0 bridgehead atoms. The van der Waals surface area contributed by atoms with E-state index >= 15 is 0 Å². The number of carbonyl (C=O) groups is 1. The number of ether oxygens (including phenoxy) is 1. The maximum absolute atomic E-state index is 14.9. The molecule has 1 amide bonds. The largest absolute Gasteiger partial charge is 0.432 e. The van der Waals surface area contributed by atoms with Gasteiger partial charge in [-0.2, -0.15) is 9.78 Å². The summed E-state index contributed by atoms with van der Waals surface area (Å²) in [6.45, 7) is 5.89. The fraction of sp³-hybridized carbons (Fsp3) is 0.293. The smallest absolute Gasteiger partial charge is 0.279 e. The topological polar surface area (TPSA) is 179 Å². The summed E-state index contributed by atoms with van der Waals surface area (Å²) >= 11 is 0. The van der Waals surface area contributed by atoms with Crippen molar-refractivity contribution in [3.63, 3.8) is 0 Å². The summed E-state index contributed by atoms with van der Waals surface area (Å²) in [6, 6.07) is 28.4. The summed E-state index contributed by atoms with van der Waals surface area (Å²) in [5.74, 6) is -1.25. The average molecular weight is 772 g/mol. The van der Waals surface area contributed by atoms with Crippen LogP contribution >= 0.6 is 0 Å². The van der Waals surface area contributed by atoms with Gasteiger partial charge in [0.25, 0.3) is 17.2 Å². The number of carbonyl (C=O) groups excluding carboxylic acids is 1. The van der Waals surface area contributed by atoms with E-state index < -0.39 is 36.4 Å². The predicted octanol–water partition coefficient (Wildman–Crippen LogP) is 5.44. The molecule has 4 aromatic carbocycles. The highest BCUT2D eigenvalue weighted by molar-refractivity contribution is 6.71. The molecule has 15 heteroatoms. The normalized spacial score (nSPS) is 21.2. The molecule has 1 unspecified atom stereocenters. The lowest BCUT2D eigenvalue weighted by Gasteiger charge is -2.32. The van der Waals surface area contributed by atoms with Gasteiger partial charge in [-0.3, -0.25) is 24.4 Å². The van der Waals surface area contributed by atoms with Crippen LogP contribution in [0.15, 0.2) is 114 Å². The molecule has 1 spiro atoms. The van der Waals surface area contributed by atoms with Crippen molar-refractivity contribution in [3.8, 4) is 5.69 Å². The lowest BCUT2D eigenvalue weighted by atomic mass is 9.82. The Balaban J connectivity index is 1.09. The van der Waals surface area contributed by atoms with Crippen molar-refractivity contribution in [1.29, 1.82) is 0 Å². The quantitative estimate of drug-likeness (QED) is 0.0979. The van der Waals surface area contributed by atoms with Gasteiger partial charge in [-0.1, -0.05) is 72.8 Å². The van der Waals surface area contributed by atoms with Crippen molar-refractivity contribution >= 4 is 36.4 Å². The Morgan fingerprint density at radius 1 is 1.00 bits per heavy atom. The minimum atomic E-state index is -3.03. The van der Waals surface area contributed by atoms with Crippen molar-refractivity contribution in [2.75, 3.05) is 11.5 Å². The minimum Gasteiger partial charge on any atom is -0.432 e. The number of nitrogens with zero attached hydrogens (tertiary/aromatic N) is 7. The number of amides is 1. The van der Waals surface area contributed by atoms with E-state index in [0.717, 1.165) is 16.5 Å². The Kier molecular flexibility index (Phi) is 9.48. The Morgan fingerprint density at radius 2 is 1.73 bits per heavy atom. The number of nitro benzene ring substituents is 1. The molecule has 0 aliphatic carbocycles. The molecule has 0 saturated carbocycles. The lowest BCUT2D eigenvalue weighted by Crippen LogP contribution is -2.46. The molecule has 2 N–H and O–H groups in total. The predicted molar refractivity (Wildman–Crippen MR) is 211 cm³/mol. The zero-order chi connectivity index (χ0) is 39.4. The molecule has 1 saturated heterocycles. The van der Waals surface area contributed by atoms with Crippen LogP contribution in [0.4, 0.5) is 11.4 Å². The second-order valence-electron chi connectivity index (χ2n) is 15.2. The van der Waals surface area contributed by atoms with Crippen molar-refractivity contribution in [3.05, 3.63) is 152 Å². The Morgan fingerprint density at radius 3 is 2.45 bits per heavy atom. The van der Waals surface area contributed by atoms with Crippen LogP contribution in [0.1, 0.15) is 41.6 Å². The third-order valence-corrected chi connectivity index (χ3v) is 13.8. The summed E-state index contributed by atoms with van der Waals surface area (Å²) in [6.07, 6.45) is 3.23. The Labute approximate surface area is 322 Å². The van der Waals surface area contributed by atoms with E-state index in [-0.39, 0.29) is 36.2 Å². The van der Waals surface area contributed by atoms with Crippen LogP contribution in [0, 0.1) is 16.0 Å². The maximum atomic E-state index is 14.9. The molecule has 8 rings (SSSR count). The molecule has 1 fully saturated rings. The number of aliphatic hydroxyl groups excluding tert-OH is 1. The van der Waals surface area contributed by atoms with E-state index in [9.17, 15) is 29.6 Å². The molecule has 2 aromatic heterocycles. The van der Waals surface area contributed by atoms with Crippen molar-refractivity contribution < 1.29 is 24.4 Å². The number of hydrogen-bond donors (Lipinski definition) is 2. The first kappa shape index (κ1) is 37.1. The second kappa shape index (κ2) is 14.3. The molecule has 4 heterocycles. The van der Waals surface area contributed by atoms with Gasteiger partial charge in [0.1, 0.15) is 0 Å². The van der Waals surface area contributed by atoms with Crippen LogP contribution < -0.4 is 10.5 Å². The highest BCUT2D eigenvalue weighted by Gasteiger charge is 2.66. The molecular formula is C41H41N7O7Si. The first-order valence-electron chi connectivity index (χ1n) is 18.5. The van der Waals surface area contributed by atoms with Crippen LogP contribution in [0.25, 0.3) is 16.5 Å². The number of aryl methyl sites for hydroxylation is 1. The Hall–Kier alpha value is -5.87. The van der Waals surface area contributed by atoms with Gasteiger partial charge in [0, 0.05) is 47.3 Å². The van der Waals surface area contributed by atoms with Gasteiger partial charge in [0.15, 0.2) is 13.9 Å². The number of fused-ring (bicyclic) bond motifs is 3. The van der Waals surface area contributed by atoms with E-state index in [0.29, 0.717) is 41.0 Å². The third-order valence-electron chi connectivity index (χ3n) is 11.3. The number of hydrogen-bond acceptors (Lipinski definition) is 10. The number of nitro groups is 1. The highest BCUT2D eigenvalue weighted by Crippen LogP contribution is 2.60. The van der Waals surface area contributed by atoms with E-state index in [1.165, 1.54) is 16.8 Å². The maximum Gasteiger partial charge on any atom is 0.279 e. The van der Waals surface area contributed by atoms with Crippen LogP contribution in [0.2, 0.25) is 18.6 Å². The van der Waals surface area contributed by atoms with Crippen molar-refractivity contribution in [2.45, 2.75) is 62.7 Å². The molecular weight excluding hydrogens is 731 g/mol. The number of anilines is 1. The van der Waals surface area contributed by atoms with Gasteiger partial charge in [0.05, 0.1) is 58.7 Å². The molecule has 56 heavy (non-hydrogen) atoms. The SMILES string of the molecule is C[C@@H]1[C@@H]([Si](C)(C)O)[C@H](CCn2cc(C(CO)c3ccccc3)nn2)O[C@@]12C(=O)N(Cc1ccc(-n3ncc4ccccc4c3=O)cc1)c1ccc([N+](=O)[O-])cc12. The third kappa shape index (κ3) is 6.31. The summed E-state index contributed by atoms with van der Waals surface area (Å²) in [7, 11) is -3.03. The van der Waals surface area contributed by atoms with Gasteiger partial charge < -0.3 is 19.5 Å². The molecule has 2 aliphatic heterocycles. The van der Waals surface area contributed by atoms with Crippen molar-refractivity contribution in [2.24, 2.45) is 5.92 Å². The number of benzene rings is 4. The monoisotopic (exact) mass is 771 g/mol. The van der Waals surface area contributed by atoms with Crippen LogP contribution in [-0.4, -0.2) is 66.5 Å². The van der Waals surface area contributed by atoms with Crippen LogP contribution in [-0.2, 0) is 28.2 Å². The molecule has 286 valence electrons. The number of rotatable bonds is 11. The van der Waals surface area contributed by atoms with Crippen molar-refractivity contribution in [1.82, 2.24) is 24.8 Å². The minimum absolute atomic E-state index is 0.131. The summed E-state index contributed by atoms with van der Waals surface area (Å²) in [5.41, 5.74) is 1.32. The van der Waals surface area contributed by atoms with E-state index in [1.807, 2.05) is 74.6 Å². The van der Waals surface area contributed by atoms with Crippen LogP contribution in [0.5, 0.6) is 0 Å². The van der Waals surface area contributed by atoms with Crippen LogP contribution in [0.3, 0.4) is 0 Å². The fourth-order valence-electron chi connectivity index (χ4n) is 8.70. The molecule has 0 radical (unpaired) electrons. The van der Waals surface area contributed by atoms with Gasteiger partial charge in [-0.25, -0.2) is 0 Å². The van der Waals surface area contributed by atoms with Gasteiger partial charge in [-0.05, 0) is 54.9 Å². The van der Waals surface area contributed by atoms with E-state index in [4.69, 9.17) is 4.74 Å². The lowest BCUT2D eigenvalue weighted by molar-refractivity contribution is -0.385.